The number of aliphatic hydroxyl groups excluding tert-OH is 1. The van der Waals surface area contributed by atoms with Gasteiger partial charge in [-0.15, -0.1) is 0 Å². The van der Waals surface area contributed by atoms with Crippen molar-refractivity contribution < 1.29 is 18.3 Å². The highest BCUT2D eigenvalue weighted by Crippen LogP contribution is 2.10. The van der Waals surface area contributed by atoms with Crippen LogP contribution in [0.3, 0.4) is 0 Å². The number of sulfonamides is 1. The van der Waals surface area contributed by atoms with E-state index in [1.165, 1.54) is 0 Å². The second-order valence-corrected chi connectivity index (χ2v) is 7.05. The van der Waals surface area contributed by atoms with Gasteiger partial charge in [0.1, 0.15) is 0 Å². The van der Waals surface area contributed by atoms with Crippen LogP contribution in [0.1, 0.15) is 31.9 Å². The quantitative estimate of drug-likeness (QED) is 0.761. The number of hydrogen-bond acceptors (Lipinski definition) is 4. The zero-order valence-electron chi connectivity index (χ0n) is 12.2. The molecule has 0 radical (unpaired) electrons. The monoisotopic (exact) mass is 301 g/mol. The number of aliphatic hydroxyl groups is 1. The third kappa shape index (κ3) is 6.00. The largest absolute Gasteiger partial charge is 0.392 e. The number of hydrogen-bond donors (Lipinski definition) is 2. The fraction of sp³-hybridized carbons (Fsp3) is 0.571. The molecular formula is C14H23NO4S. The van der Waals surface area contributed by atoms with E-state index in [9.17, 15) is 8.42 Å². The molecule has 0 spiro atoms. The molecule has 0 aromatic heterocycles. The summed E-state index contributed by atoms with van der Waals surface area (Å²) in [6.07, 6.45) is 0. The molecule has 0 heterocycles. The van der Waals surface area contributed by atoms with Crippen LogP contribution in [0.5, 0.6) is 0 Å². The van der Waals surface area contributed by atoms with Crippen LogP contribution in [0, 0.1) is 0 Å². The molecule has 0 bridgehead atoms. The first-order valence-electron chi connectivity index (χ1n) is 6.58. The van der Waals surface area contributed by atoms with Crippen molar-refractivity contribution in [1.29, 1.82) is 0 Å². The van der Waals surface area contributed by atoms with Gasteiger partial charge in [0.2, 0.25) is 10.0 Å². The van der Waals surface area contributed by atoms with Crippen molar-refractivity contribution in [3.63, 3.8) is 0 Å². The molecule has 20 heavy (non-hydrogen) atoms. The van der Waals surface area contributed by atoms with E-state index >= 15 is 0 Å². The van der Waals surface area contributed by atoms with Crippen molar-refractivity contribution in [3.8, 4) is 0 Å². The van der Waals surface area contributed by atoms with E-state index in [-0.39, 0.29) is 18.9 Å². The van der Waals surface area contributed by atoms with Crippen molar-refractivity contribution >= 4 is 10.0 Å². The summed E-state index contributed by atoms with van der Waals surface area (Å²) >= 11 is 0. The van der Waals surface area contributed by atoms with Gasteiger partial charge in [-0.25, -0.2) is 13.1 Å². The molecule has 0 amide bonds. The predicted molar refractivity (Wildman–Crippen MR) is 78.7 cm³/mol. The van der Waals surface area contributed by atoms with Crippen LogP contribution < -0.4 is 4.72 Å². The first-order valence-corrected chi connectivity index (χ1v) is 8.23. The van der Waals surface area contributed by atoms with Crippen LogP contribution in [-0.4, -0.2) is 32.3 Å². The maximum absolute atomic E-state index is 12.0. The van der Waals surface area contributed by atoms with E-state index in [1.54, 1.807) is 24.3 Å². The highest BCUT2D eigenvalue weighted by Gasteiger charge is 2.21. The SMILES string of the molecule is CCOC(C)(C)CNS(=O)(=O)Cc1ccc(CO)cc1. The Balaban J connectivity index is 2.60. The minimum atomic E-state index is -3.40. The molecule has 0 aliphatic rings. The summed E-state index contributed by atoms with van der Waals surface area (Å²) in [4.78, 5) is 0. The molecule has 1 rings (SSSR count). The van der Waals surface area contributed by atoms with Crippen molar-refractivity contribution in [2.24, 2.45) is 0 Å². The van der Waals surface area contributed by atoms with Gasteiger partial charge < -0.3 is 9.84 Å². The van der Waals surface area contributed by atoms with Crippen LogP contribution in [-0.2, 0) is 27.1 Å². The Morgan fingerprint density at radius 2 is 1.75 bits per heavy atom. The maximum atomic E-state index is 12.0. The molecule has 1 aromatic carbocycles. The van der Waals surface area contributed by atoms with E-state index < -0.39 is 15.6 Å². The third-order valence-corrected chi connectivity index (χ3v) is 4.11. The Kier molecular flexibility index (Phi) is 6.13. The van der Waals surface area contributed by atoms with E-state index in [0.717, 1.165) is 5.56 Å². The Morgan fingerprint density at radius 1 is 1.20 bits per heavy atom. The molecule has 5 nitrogen and oxygen atoms in total. The minimum absolute atomic E-state index is 0.0478. The number of benzene rings is 1. The van der Waals surface area contributed by atoms with Crippen LogP contribution in [0.15, 0.2) is 24.3 Å². The molecule has 6 heteroatoms. The van der Waals surface area contributed by atoms with E-state index in [2.05, 4.69) is 4.72 Å². The van der Waals surface area contributed by atoms with E-state index in [0.29, 0.717) is 12.2 Å². The van der Waals surface area contributed by atoms with E-state index in [1.807, 2.05) is 20.8 Å². The van der Waals surface area contributed by atoms with Gasteiger partial charge in [-0.05, 0) is 31.9 Å². The lowest BCUT2D eigenvalue weighted by atomic mass is 10.1. The van der Waals surface area contributed by atoms with Gasteiger partial charge in [-0.2, -0.15) is 0 Å². The van der Waals surface area contributed by atoms with Gasteiger partial charge in [0, 0.05) is 13.2 Å². The van der Waals surface area contributed by atoms with Crippen molar-refractivity contribution in [3.05, 3.63) is 35.4 Å². The summed E-state index contributed by atoms with van der Waals surface area (Å²) < 4.78 is 32.0. The summed E-state index contributed by atoms with van der Waals surface area (Å²) in [5, 5.41) is 8.94. The van der Waals surface area contributed by atoms with Crippen LogP contribution in [0.25, 0.3) is 0 Å². The van der Waals surface area contributed by atoms with Gasteiger partial charge in [-0.1, -0.05) is 24.3 Å². The molecule has 0 atom stereocenters. The van der Waals surface area contributed by atoms with Crippen LogP contribution in [0.2, 0.25) is 0 Å². The molecule has 0 fully saturated rings. The molecule has 0 saturated heterocycles. The van der Waals surface area contributed by atoms with Gasteiger partial charge in [0.15, 0.2) is 0 Å². The second-order valence-electron chi connectivity index (χ2n) is 5.25. The molecule has 0 saturated carbocycles. The van der Waals surface area contributed by atoms with Crippen LogP contribution >= 0.6 is 0 Å². The van der Waals surface area contributed by atoms with Gasteiger partial charge in [0.25, 0.3) is 0 Å². The standard InChI is InChI=1S/C14H23NO4S/c1-4-19-14(2,3)11-15-20(17,18)10-13-7-5-12(9-16)6-8-13/h5-8,15-16H,4,9-11H2,1-3H3. The second kappa shape index (κ2) is 7.17. The number of nitrogens with one attached hydrogen (secondary N) is 1. The molecule has 114 valence electrons. The smallest absolute Gasteiger partial charge is 0.215 e. The Hall–Kier alpha value is -0.950. The molecule has 0 aliphatic carbocycles. The normalized spacial score (nSPS) is 12.6. The van der Waals surface area contributed by atoms with E-state index in [4.69, 9.17) is 9.84 Å². The summed E-state index contributed by atoms with van der Waals surface area (Å²) in [5.41, 5.74) is 0.920. The fourth-order valence-electron chi connectivity index (χ4n) is 1.74. The zero-order chi connectivity index (χ0) is 15.2. The molecular weight excluding hydrogens is 278 g/mol. The predicted octanol–water partition coefficient (Wildman–Crippen LogP) is 1.41. The molecule has 0 aliphatic heterocycles. The number of ether oxygens (including phenoxy) is 1. The maximum Gasteiger partial charge on any atom is 0.215 e. The van der Waals surface area contributed by atoms with Crippen molar-refractivity contribution in [2.75, 3.05) is 13.2 Å². The Bertz CT molecular complexity index is 508. The summed E-state index contributed by atoms with van der Waals surface area (Å²) in [7, 11) is -3.40. The van der Waals surface area contributed by atoms with Crippen molar-refractivity contribution in [2.45, 2.75) is 38.7 Å². The Labute approximate surface area is 121 Å². The average molecular weight is 301 g/mol. The third-order valence-electron chi connectivity index (χ3n) is 2.82. The lowest BCUT2D eigenvalue weighted by Crippen LogP contribution is -2.40. The minimum Gasteiger partial charge on any atom is -0.392 e. The summed E-state index contributed by atoms with van der Waals surface area (Å²) in [5.74, 6) is -0.0824. The number of rotatable bonds is 8. The molecule has 2 N–H and O–H groups in total. The lowest BCUT2D eigenvalue weighted by Gasteiger charge is -2.24. The van der Waals surface area contributed by atoms with Gasteiger partial charge in [-0.3, -0.25) is 0 Å². The highest BCUT2D eigenvalue weighted by atomic mass is 32.2. The summed E-state index contributed by atoms with van der Waals surface area (Å²) in [6, 6.07) is 6.85. The summed E-state index contributed by atoms with van der Waals surface area (Å²) in [6.45, 7) is 6.28. The first kappa shape index (κ1) is 17.1. The Morgan fingerprint density at radius 3 is 2.25 bits per heavy atom. The van der Waals surface area contributed by atoms with Crippen molar-refractivity contribution in [1.82, 2.24) is 4.72 Å². The van der Waals surface area contributed by atoms with Gasteiger partial charge in [0.05, 0.1) is 18.0 Å². The average Bonchev–Trinajstić information content (AvgIpc) is 2.37. The van der Waals surface area contributed by atoms with Crippen LogP contribution in [0.4, 0.5) is 0 Å². The van der Waals surface area contributed by atoms with Gasteiger partial charge >= 0.3 is 0 Å². The highest BCUT2D eigenvalue weighted by molar-refractivity contribution is 7.88. The molecule has 0 unspecified atom stereocenters. The lowest BCUT2D eigenvalue weighted by molar-refractivity contribution is -0.00515. The fourth-order valence-corrected chi connectivity index (χ4v) is 3.04. The topological polar surface area (TPSA) is 75.6 Å². The molecule has 1 aromatic rings. The zero-order valence-corrected chi connectivity index (χ0v) is 13.0. The first-order chi connectivity index (χ1) is 9.28.